The van der Waals surface area contributed by atoms with Gasteiger partial charge in [0.15, 0.2) is 0 Å². The van der Waals surface area contributed by atoms with E-state index < -0.39 is 0 Å². The Morgan fingerprint density at radius 2 is 1.95 bits per heavy atom. The highest BCUT2D eigenvalue weighted by Crippen LogP contribution is 2.06. The first-order chi connectivity index (χ1) is 9.25. The second kappa shape index (κ2) is 7.07. The Morgan fingerprint density at radius 1 is 1.16 bits per heavy atom. The minimum absolute atomic E-state index is 0.827. The molecular weight excluding hydrogens is 236 g/mol. The fraction of sp³-hybridized carbons (Fsp3) is 0.400. The van der Waals surface area contributed by atoms with Crippen molar-refractivity contribution in [1.82, 2.24) is 20.0 Å². The average molecular weight is 258 g/mol. The van der Waals surface area contributed by atoms with Crippen molar-refractivity contribution in [1.29, 1.82) is 0 Å². The zero-order valence-electron chi connectivity index (χ0n) is 11.7. The predicted molar refractivity (Wildman–Crippen MR) is 78.4 cm³/mol. The molecular formula is C15H22N4. The van der Waals surface area contributed by atoms with Crippen LogP contribution in [0.5, 0.6) is 0 Å². The summed E-state index contributed by atoms with van der Waals surface area (Å²) in [6.45, 7) is 2.97. The number of nitrogens with one attached hydrogen (secondary N) is 1. The van der Waals surface area contributed by atoms with Gasteiger partial charge in [-0.1, -0.05) is 18.2 Å². The van der Waals surface area contributed by atoms with Gasteiger partial charge in [0, 0.05) is 12.7 Å². The van der Waals surface area contributed by atoms with Crippen LogP contribution in [0, 0.1) is 0 Å². The minimum Gasteiger partial charge on any atom is -0.311 e. The van der Waals surface area contributed by atoms with E-state index in [0.717, 1.165) is 37.4 Å². The van der Waals surface area contributed by atoms with Crippen LogP contribution >= 0.6 is 0 Å². The van der Waals surface area contributed by atoms with Crippen molar-refractivity contribution in [3.05, 3.63) is 48.3 Å². The number of nitrogens with zero attached hydrogens (tertiary/aromatic N) is 3. The topological polar surface area (TPSA) is 33.1 Å². The highest BCUT2D eigenvalue weighted by Gasteiger charge is 2.00. The number of hydrogen-bond acceptors (Lipinski definition) is 3. The second-order valence-electron chi connectivity index (χ2n) is 4.92. The van der Waals surface area contributed by atoms with E-state index >= 15 is 0 Å². The average Bonchev–Trinajstić information content (AvgIpc) is 2.88. The summed E-state index contributed by atoms with van der Waals surface area (Å²) in [5, 5.41) is 7.98. The first-order valence-corrected chi connectivity index (χ1v) is 6.71. The lowest BCUT2D eigenvalue weighted by atomic mass is 10.3. The number of aromatic nitrogens is 2. The monoisotopic (exact) mass is 258 g/mol. The van der Waals surface area contributed by atoms with E-state index in [1.54, 1.807) is 0 Å². The first kappa shape index (κ1) is 13.8. The van der Waals surface area contributed by atoms with Gasteiger partial charge in [-0.3, -0.25) is 0 Å². The molecule has 0 radical (unpaired) electrons. The third kappa shape index (κ3) is 4.50. The number of rotatable bonds is 7. The molecule has 1 heterocycles. The Bertz CT molecular complexity index is 476. The number of para-hydroxylation sites is 1. The number of hydrogen-bond donors (Lipinski definition) is 1. The molecule has 0 unspecified atom stereocenters. The highest BCUT2D eigenvalue weighted by molar-refractivity contribution is 5.30. The van der Waals surface area contributed by atoms with Crippen molar-refractivity contribution < 1.29 is 0 Å². The Labute approximate surface area is 115 Å². The molecule has 2 aromatic rings. The van der Waals surface area contributed by atoms with Crippen molar-refractivity contribution >= 4 is 0 Å². The van der Waals surface area contributed by atoms with Crippen LogP contribution in [-0.4, -0.2) is 41.9 Å². The van der Waals surface area contributed by atoms with E-state index in [0.29, 0.717) is 0 Å². The molecule has 19 heavy (non-hydrogen) atoms. The molecule has 0 saturated carbocycles. The van der Waals surface area contributed by atoms with Crippen molar-refractivity contribution in [3.8, 4) is 5.69 Å². The van der Waals surface area contributed by atoms with E-state index in [1.165, 1.54) is 0 Å². The molecule has 0 bridgehead atoms. The van der Waals surface area contributed by atoms with Crippen LogP contribution < -0.4 is 5.32 Å². The summed E-state index contributed by atoms with van der Waals surface area (Å²) >= 11 is 0. The van der Waals surface area contributed by atoms with Gasteiger partial charge in [-0.25, -0.2) is 4.68 Å². The SMILES string of the molecule is CN(C)CCCNCc1ccn(-c2ccccc2)n1. The third-order valence-corrected chi connectivity index (χ3v) is 2.93. The molecule has 1 aromatic carbocycles. The van der Waals surface area contributed by atoms with Crippen molar-refractivity contribution in [3.63, 3.8) is 0 Å². The van der Waals surface area contributed by atoms with Crippen LogP contribution in [0.1, 0.15) is 12.1 Å². The van der Waals surface area contributed by atoms with E-state index in [2.05, 4.69) is 47.6 Å². The summed E-state index contributed by atoms with van der Waals surface area (Å²) in [7, 11) is 4.20. The van der Waals surface area contributed by atoms with Crippen LogP contribution in [0.25, 0.3) is 5.69 Å². The lowest BCUT2D eigenvalue weighted by molar-refractivity contribution is 0.394. The molecule has 1 aromatic heterocycles. The summed E-state index contributed by atoms with van der Waals surface area (Å²) < 4.78 is 1.91. The highest BCUT2D eigenvalue weighted by atomic mass is 15.3. The van der Waals surface area contributed by atoms with E-state index in [9.17, 15) is 0 Å². The summed E-state index contributed by atoms with van der Waals surface area (Å²) in [6.07, 6.45) is 3.17. The Hall–Kier alpha value is -1.65. The fourth-order valence-electron chi connectivity index (χ4n) is 1.92. The quantitative estimate of drug-likeness (QED) is 0.770. The molecule has 4 heteroatoms. The van der Waals surface area contributed by atoms with Crippen LogP contribution in [0.15, 0.2) is 42.6 Å². The Kier molecular flexibility index (Phi) is 5.12. The molecule has 1 N–H and O–H groups in total. The van der Waals surface area contributed by atoms with Crippen LogP contribution in [0.3, 0.4) is 0 Å². The summed E-state index contributed by atoms with van der Waals surface area (Å²) in [6, 6.07) is 12.2. The largest absolute Gasteiger partial charge is 0.311 e. The molecule has 4 nitrogen and oxygen atoms in total. The maximum absolute atomic E-state index is 4.56. The third-order valence-electron chi connectivity index (χ3n) is 2.93. The lowest BCUT2D eigenvalue weighted by Gasteiger charge is -2.09. The van der Waals surface area contributed by atoms with Gasteiger partial charge in [-0.15, -0.1) is 0 Å². The van der Waals surface area contributed by atoms with Crippen LogP contribution in [0.4, 0.5) is 0 Å². The van der Waals surface area contributed by atoms with E-state index in [4.69, 9.17) is 0 Å². The summed E-state index contributed by atoms with van der Waals surface area (Å²) in [5.41, 5.74) is 2.18. The van der Waals surface area contributed by atoms with Gasteiger partial charge >= 0.3 is 0 Å². The van der Waals surface area contributed by atoms with Crippen LogP contribution in [-0.2, 0) is 6.54 Å². The first-order valence-electron chi connectivity index (χ1n) is 6.71. The Morgan fingerprint density at radius 3 is 2.68 bits per heavy atom. The van der Waals surface area contributed by atoms with E-state index in [1.807, 2.05) is 29.1 Å². The van der Waals surface area contributed by atoms with Crippen molar-refractivity contribution in [2.75, 3.05) is 27.2 Å². The minimum atomic E-state index is 0.827. The fourth-order valence-corrected chi connectivity index (χ4v) is 1.92. The normalized spacial score (nSPS) is 11.1. The molecule has 0 atom stereocenters. The van der Waals surface area contributed by atoms with E-state index in [-0.39, 0.29) is 0 Å². The standard InChI is InChI=1S/C15H22N4/c1-18(2)11-6-10-16-13-14-9-12-19(17-14)15-7-4-3-5-8-15/h3-5,7-9,12,16H,6,10-11,13H2,1-2H3. The molecule has 0 fully saturated rings. The maximum atomic E-state index is 4.56. The zero-order chi connectivity index (χ0) is 13.5. The molecule has 0 aliphatic heterocycles. The number of benzene rings is 1. The zero-order valence-corrected chi connectivity index (χ0v) is 11.7. The lowest BCUT2D eigenvalue weighted by Crippen LogP contribution is -2.21. The van der Waals surface area contributed by atoms with Gasteiger partial charge in [-0.05, 0) is 51.8 Å². The molecule has 0 aliphatic carbocycles. The van der Waals surface area contributed by atoms with Gasteiger partial charge in [0.25, 0.3) is 0 Å². The Balaban J connectivity index is 1.78. The van der Waals surface area contributed by atoms with Gasteiger partial charge in [-0.2, -0.15) is 5.10 Å². The predicted octanol–water partition coefficient (Wildman–Crippen LogP) is 1.91. The summed E-state index contributed by atoms with van der Waals surface area (Å²) in [5.74, 6) is 0. The molecule has 0 aliphatic rings. The molecule has 2 rings (SSSR count). The van der Waals surface area contributed by atoms with Crippen LogP contribution in [0.2, 0.25) is 0 Å². The van der Waals surface area contributed by atoms with Gasteiger partial charge < -0.3 is 10.2 Å². The smallest absolute Gasteiger partial charge is 0.0766 e. The molecule has 0 amide bonds. The second-order valence-corrected chi connectivity index (χ2v) is 4.92. The molecule has 0 saturated heterocycles. The van der Waals surface area contributed by atoms with Gasteiger partial charge in [0.2, 0.25) is 0 Å². The van der Waals surface area contributed by atoms with Gasteiger partial charge in [0.1, 0.15) is 0 Å². The van der Waals surface area contributed by atoms with Gasteiger partial charge in [0.05, 0.1) is 11.4 Å². The molecule has 0 spiro atoms. The summed E-state index contributed by atoms with van der Waals surface area (Å²) in [4.78, 5) is 2.20. The maximum Gasteiger partial charge on any atom is 0.0766 e. The van der Waals surface area contributed by atoms with Crippen molar-refractivity contribution in [2.45, 2.75) is 13.0 Å². The molecule has 102 valence electrons. The van der Waals surface area contributed by atoms with Crippen molar-refractivity contribution in [2.24, 2.45) is 0 Å².